The van der Waals surface area contributed by atoms with E-state index in [-0.39, 0.29) is 0 Å². The lowest BCUT2D eigenvalue weighted by Crippen LogP contribution is -2.48. The van der Waals surface area contributed by atoms with Gasteiger partial charge in [-0.05, 0) is 51.4 Å². The van der Waals surface area contributed by atoms with E-state index in [0.29, 0.717) is 19.6 Å². The molecule has 0 bridgehead atoms. The van der Waals surface area contributed by atoms with E-state index in [1.807, 2.05) is 5.01 Å². The Morgan fingerprint density at radius 1 is 0.299 bits per heavy atom. The van der Waals surface area contributed by atoms with Crippen LogP contribution < -0.4 is 65.6 Å². The van der Waals surface area contributed by atoms with Crippen molar-refractivity contribution in [2.45, 2.75) is 108 Å². The highest BCUT2D eigenvalue weighted by Gasteiger charge is 2.22. The molecule has 0 unspecified atom stereocenters. The van der Waals surface area contributed by atoms with Gasteiger partial charge >= 0.3 is 0 Å². The monoisotopic (exact) mass is 951 g/mol. The van der Waals surface area contributed by atoms with Crippen molar-refractivity contribution >= 4 is 0 Å². The molecule has 16 N–H and O–H groups in total. The smallest absolute Gasteiger partial charge is 0.0257 e. The lowest BCUT2D eigenvalue weighted by Gasteiger charge is -2.32. The van der Waals surface area contributed by atoms with Gasteiger partial charge in [-0.2, -0.15) is 0 Å². The van der Waals surface area contributed by atoms with E-state index in [2.05, 4.69) is 67.0 Å². The van der Waals surface area contributed by atoms with E-state index in [9.17, 15) is 0 Å². The van der Waals surface area contributed by atoms with Gasteiger partial charge in [-0.25, -0.2) is 5.01 Å². The minimum absolute atomic E-state index is 0.686. The van der Waals surface area contributed by atoms with Gasteiger partial charge in [0.15, 0.2) is 0 Å². The van der Waals surface area contributed by atoms with Gasteiger partial charge in [0, 0.05) is 234 Å². The minimum atomic E-state index is 0.686. The molecule has 0 atom stereocenters. The molecule has 396 valence electrons. The molecule has 4 rings (SSSR count). The van der Waals surface area contributed by atoms with E-state index in [4.69, 9.17) is 23.0 Å². The van der Waals surface area contributed by atoms with Crippen LogP contribution in [0.1, 0.15) is 83.5 Å². The number of nitrogens with two attached hydrogens (primary N) is 4. The van der Waals surface area contributed by atoms with E-state index < -0.39 is 0 Å². The summed E-state index contributed by atoms with van der Waals surface area (Å²) in [6, 6.07) is 2.95. The van der Waals surface area contributed by atoms with Crippen LogP contribution in [0, 0.1) is 0 Å². The summed E-state index contributed by atoms with van der Waals surface area (Å²) in [4.78, 5) is 13.1. The first-order valence-electron chi connectivity index (χ1n) is 28.0. The predicted molar refractivity (Wildman–Crippen MR) is 284 cm³/mol. The van der Waals surface area contributed by atoms with Crippen LogP contribution in [0.25, 0.3) is 0 Å². The molecule has 4 fully saturated rings. The Morgan fingerprint density at radius 3 is 1.12 bits per heavy atom. The van der Waals surface area contributed by atoms with Crippen LogP contribution in [0.3, 0.4) is 0 Å². The molecule has 0 amide bonds. The summed E-state index contributed by atoms with van der Waals surface area (Å²) in [6.07, 6.45) is 17.6. The third kappa shape index (κ3) is 28.8. The second-order valence-electron chi connectivity index (χ2n) is 20.2. The number of hydrazine groups is 1. The van der Waals surface area contributed by atoms with Gasteiger partial charge in [0.1, 0.15) is 0 Å². The fourth-order valence-electron chi connectivity index (χ4n) is 9.74. The first kappa shape index (κ1) is 58.8. The standard InChI is InChI=1S/C49H110N18/c50-14-17-54-25-37-66(49-12-1-2-13-49)38-26-58-24-34-64(44-45-67(53)39-27-56-19-18-55-20-21-59-46-6-3-7-46)33-23-57-22-32-62(30-15-51)40-42-65(36-29-61-48-10-5-11-48)43-41-63(31-16-52)35-28-60-47-8-4-9-47/h46-49,54-61H,1-45,50-53H2. The van der Waals surface area contributed by atoms with Crippen molar-refractivity contribution in [1.82, 2.24) is 72.0 Å². The minimum Gasteiger partial charge on any atom is -0.329 e. The molecular weight excluding hydrogens is 841 g/mol. The van der Waals surface area contributed by atoms with Gasteiger partial charge in [0.25, 0.3) is 0 Å². The zero-order valence-electron chi connectivity index (χ0n) is 43.1. The number of hydrogen-bond donors (Lipinski definition) is 12. The van der Waals surface area contributed by atoms with Gasteiger partial charge in [-0.3, -0.25) is 30.3 Å². The number of nitrogens with zero attached hydrogens (tertiary/aromatic N) is 6. The maximum Gasteiger partial charge on any atom is 0.0257 e. The quantitative estimate of drug-likeness (QED) is 0.0178. The first-order chi connectivity index (χ1) is 33.1. The van der Waals surface area contributed by atoms with Crippen LogP contribution in [0.5, 0.6) is 0 Å². The second kappa shape index (κ2) is 39.8. The maximum atomic E-state index is 6.56. The number of rotatable bonds is 49. The Hall–Kier alpha value is -0.720. The van der Waals surface area contributed by atoms with Crippen molar-refractivity contribution < 1.29 is 0 Å². The summed E-state index contributed by atoms with van der Waals surface area (Å²) in [5.74, 6) is 6.56. The van der Waals surface area contributed by atoms with Crippen LogP contribution in [0.15, 0.2) is 0 Å². The molecule has 0 aromatic heterocycles. The lowest BCUT2D eigenvalue weighted by molar-refractivity contribution is 0.172. The number of hydrogen-bond acceptors (Lipinski definition) is 18. The number of nitrogens with one attached hydrogen (secondary N) is 8. The fourth-order valence-corrected chi connectivity index (χ4v) is 9.74. The first-order valence-corrected chi connectivity index (χ1v) is 28.0. The van der Waals surface area contributed by atoms with Crippen molar-refractivity contribution in [1.29, 1.82) is 0 Å². The Morgan fingerprint density at radius 2 is 0.657 bits per heavy atom. The molecule has 0 heterocycles. The molecule has 4 saturated carbocycles. The van der Waals surface area contributed by atoms with Crippen LogP contribution >= 0.6 is 0 Å². The highest BCUT2D eigenvalue weighted by atomic mass is 15.4. The van der Waals surface area contributed by atoms with Crippen molar-refractivity contribution in [3.05, 3.63) is 0 Å². The van der Waals surface area contributed by atoms with Crippen molar-refractivity contribution in [2.75, 3.05) is 209 Å². The van der Waals surface area contributed by atoms with E-state index in [1.165, 1.54) is 83.5 Å². The van der Waals surface area contributed by atoms with Gasteiger partial charge in [-0.15, -0.1) is 0 Å². The zero-order chi connectivity index (χ0) is 47.3. The molecule has 0 aliphatic heterocycles. The summed E-state index contributed by atoms with van der Waals surface area (Å²) >= 11 is 0. The van der Waals surface area contributed by atoms with E-state index in [0.717, 1.165) is 214 Å². The lowest BCUT2D eigenvalue weighted by atomic mass is 9.93. The summed E-state index contributed by atoms with van der Waals surface area (Å²) < 4.78 is 0. The zero-order valence-corrected chi connectivity index (χ0v) is 43.1. The molecule has 18 nitrogen and oxygen atoms in total. The molecule has 0 spiro atoms. The normalized spacial score (nSPS) is 17.6. The molecular formula is C49H110N18. The van der Waals surface area contributed by atoms with Gasteiger partial charge < -0.3 is 59.7 Å². The van der Waals surface area contributed by atoms with E-state index in [1.54, 1.807) is 0 Å². The molecule has 0 saturated heterocycles. The summed E-state index contributed by atoms with van der Waals surface area (Å²) in [5.41, 5.74) is 18.0. The highest BCUT2D eigenvalue weighted by Crippen LogP contribution is 2.23. The topological polar surface area (TPSA) is 220 Å². The average molecular weight is 952 g/mol. The molecule has 4 aliphatic rings. The predicted octanol–water partition coefficient (Wildman–Crippen LogP) is -2.13. The van der Waals surface area contributed by atoms with Crippen LogP contribution in [0.2, 0.25) is 0 Å². The van der Waals surface area contributed by atoms with Crippen molar-refractivity contribution in [2.24, 2.45) is 23.0 Å². The SMILES string of the molecule is NCCNCCN(CCNCCN(CCNCCN(CCN)CCN(CCNC1CCC1)CCN(CCN)CCNC1CCC1)CCN(N)CCNCCNCCNC1CCC1)C1CCCC1. The van der Waals surface area contributed by atoms with Crippen LogP contribution in [-0.4, -0.2) is 263 Å². The molecule has 0 radical (unpaired) electrons. The largest absolute Gasteiger partial charge is 0.329 e. The Bertz CT molecular complexity index is 1100. The summed E-state index contributed by atoms with van der Waals surface area (Å²) in [7, 11) is 0. The van der Waals surface area contributed by atoms with Gasteiger partial charge in [0.05, 0.1) is 0 Å². The third-order valence-corrected chi connectivity index (χ3v) is 15.0. The Kier molecular flexibility index (Phi) is 35.0. The van der Waals surface area contributed by atoms with E-state index >= 15 is 0 Å². The maximum absolute atomic E-state index is 6.56. The fraction of sp³-hybridized carbons (Fsp3) is 1.00. The summed E-state index contributed by atoms with van der Waals surface area (Å²) in [6.45, 7) is 31.2. The van der Waals surface area contributed by atoms with Crippen molar-refractivity contribution in [3.8, 4) is 0 Å². The second-order valence-corrected chi connectivity index (χ2v) is 20.2. The van der Waals surface area contributed by atoms with Crippen LogP contribution in [0.4, 0.5) is 0 Å². The highest BCUT2D eigenvalue weighted by molar-refractivity contribution is 4.81. The Balaban J connectivity index is 1.16. The summed E-state index contributed by atoms with van der Waals surface area (Å²) in [5, 5.41) is 31.4. The van der Waals surface area contributed by atoms with Crippen LogP contribution in [-0.2, 0) is 0 Å². The van der Waals surface area contributed by atoms with Gasteiger partial charge in [-0.1, -0.05) is 32.1 Å². The molecule has 0 aromatic carbocycles. The molecule has 4 aliphatic carbocycles. The molecule has 0 aromatic rings. The Labute approximate surface area is 411 Å². The molecule has 18 heteroatoms. The van der Waals surface area contributed by atoms with Crippen molar-refractivity contribution in [3.63, 3.8) is 0 Å². The van der Waals surface area contributed by atoms with Gasteiger partial charge in [0.2, 0.25) is 0 Å². The third-order valence-electron chi connectivity index (χ3n) is 15.0. The average Bonchev–Trinajstić information content (AvgIpc) is 3.83. The molecule has 67 heavy (non-hydrogen) atoms.